The van der Waals surface area contributed by atoms with Gasteiger partial charge in [-0.15, -0.1) is 0 Å². The van der Waals surface area contributed by atoms with Crippen LogP contribution in [0.1, 0.15) is 18.4 Å². The minimum atomic E-state index is -3.56. The molecule has 0 aliphatic heterocycles. The SMILES string of the molecule is Cc1ccc(Cl)cc1N(CCCC(=O)Nc1cc(Cl)ccc1Oc1ccccc1)S(C)(=O)=O. The van der Waals surface area contributed by atoms with Gasteiger partial charge in [0.2, 0.25) is 15.9 Å². The second-order valence-electron chi connectivity index (χ2n) is 7.47. The Bertz CT molecular complexity index is 1230. The third-order valence-corrected chi connectivity index (χ3v) is 6.44. The van der Waals surface area contributed by atoms with Gasteiger partial charge in [-0.3, -0.25) is 9.10 Å². The van der Waals surface area contributed by atoms with E-state index in [4.69, 9.17) is 27.9 Å². The minimum absolute atomic E-state index is 0.100. The van der Waals surface area contributed by atoms with Gasteiger partial charge in [-0.05, 0) is 61.4 Å². The van der Waals surface area contributed by atoms with E-state index in [0.29, 0.717) is 39.3 Å². The van der Waals surface area contributed by atoms with Crippen LogP contribution in [0.15, 0.2) is 66.7 Å². The van der Waals surface area contributed by atoms with Gasteiger partial charge >= 0.3 is 0 Å². The van der Waals surface area contributed by atoms with Crippen molar-refractivity contribution in [3.05, 3.63) is 82.3 Å². The van der Waals surface area contributed by atoms with E-state index in [1.807, 2.05) is 25.1 Å². The quantitative estimate of drug-likeness (QED) is 0.370. The summed E-state index contributed by atoms with van der Waals surface area (Å²) < 4.78 is 31.9. The Labute approximate surface area is 204 Å². The number of ether oxygens (including phenoxy) is 1. The number of carbonyl (C=O) groups excluding carboxylic acids is 1. The average molecular weight is 507 g/mol. The van der Waals surface area contributed by atoms with Crippen molar-refractivity contribution in [3.63, 3.8) is 0 Å². The first kappa shape index (κ1) is 24.9. The Balaban J connectivity index is 1.67. The Morgan fingerprint density at radius 1 is 1.00 bits per heavy atom. The zero-order valence-electron chi connectivity index (χ0n) is 18.2. The van der Waals surface area contributed by atoms with Gasteiger partial charge in [-0.25, -0.2) is 8.42 Å². The monoisotopic (exact) mass is 506 g/mol. The third kappa shape index (κ3) is 7.12. The number of carbonyl (C=O) groups is 1. The van der Waals surface area contributed by atoms with Crippen molar-refractivity contribution in [1.82, 2.24) is 0 Å². The summed E-state index contributed by atoms with van der Waals surface area (Å²) in [4.78, 5) is 12.6. The number of rotatable bonds is 9. The van der Waals surface area contributed by atoms with E-state index in [1.54, 1.807) is 48.5 Å². The van der Waals surface area contributed by atoms with Gasteiger partial charge in [0.05, 0.1) is 17.6 Å². The molecule has 0 saturated heterocycles. The van der Waals surface area contributed by atoms with Crippen molar-refractivity contribution < 1.29 is 17.9 Å². The molecule has 3 aromatic carbocycles. The zero-order valence-corrected chi connectivity index (χ0v) is 20.5. The number of sulfonamides is 1. The number of nitrogens with zero attached hydrogens (tertiary/aromatic N) is 1. The topological polar surface area (TPSA) is 75.7 Å². The Morgan fingerprint density at radius 3 is 2.36 bits per heavy atom. The molecular weight excluding hydrogens is 483 g/mol. The van der Waals surface area contributed by atoms with Crippen molar-refractivity contribution in [2.45, 2.75) is 19.8 Å². The highest BCUT2D eigenvalue weighted by Gasteiger charge is 2.20. The first-order chi connectivity index (χ1) is 15.6. The molecule has 3 aromatic rings. The molecule has 0 radical (unpaired) electrons. The molecule has 0 fully saturated rings. The number of benzene rings is 3. The number of amides is 1. The summed E-state index contributed by atoms with van der Waals surface area (Å²) in [5, 5.41) is 3.70. The average Bonchev–Trinajstić information content (AvgIpc) is 2.75. The number of halogens is 2. The molecule has 0 spiro atoms. The summed E-state index contributed by atoms with van der Waals surface area (Å²) in [6, 6.07) is 19.2. The lowest BCUT2D eigenvalue weighted by Crippen LogP contribution is -2.32. The van der Waals surface area contributed by atoms with Crippen LogP contribution in [-0.2, 0) is 14.8 Å². The predicted molar refractivity (Wildman–Crippen MR) is 134 cm³/mol. The first-order valence-corrected chi connectivity index (χ1v) is 12.8. The van der Waals surface area contributed by atoms with Gasteiger partial charge in [0.25, 0.3) is 0 Å². The van der Waals surface area contributed by atoms with E-state index in [-0.39, 0.29) is 18.9 Å². The minimum Gasteiger partial charge on any atom is -0.455 e. The fourth-order valence-electron chi connectivity index (χ4n) is 3.22. The van der Waals surface area contributed by atoms with Crippen LogP contribution in [0.3, 0.4) is 0 Å². The zero-order chi connectivity index (χ0) is 24.0. The van der Waals surface area contributed by atoms with Crippen LogP contribution < -0.4 is 14.4 Å². The Morgan fingerprint density at radius 2 is 1.67 bits per heavy atom. The van der Waals surface area contributed by atoms with Crippen molar-refractivity contribution in [2.24, 2.45) is 0 Å². The van der Waals surface area contributed by atoms with Crippen LogP contribution >= 0.6 is 23.2 Å². The predicted octanol–water partition coefficient (Wildman–Crippen LogP) is 6.28. The number of hydrogen-bond acceptors (Lipinski definition) is 4. The fraction of sp³-hybridized carbons (Fsp3) is 0.208. The first-order valence-electron chi connectivity index (χ1n) is 10.2. The highest BCUT2D eigenvalue weighted by atomic mass is 35.5. The second-order valence-corrected chi connectivity index (χ2v) is 10.3. The largest absolute Gasteiger partial charge is 0.455 e. The Kier molecular flexibility index (Phi) is 8.24. The second kappa shape index (κ2) is 10.9. The van der Waals surface area contributed by atoms with Crippen molar-refractivity contribution in [2.75, 3.05) is 22.4 Å². The van der Waals surface area contributed by atoms with Gasteiger partial charge in [0.15, 0.2) is 5.75 Å². The van der Waals surface area contributed by atoms with Crippen LogP contribution in [0, 0.1) is 6.92 Å². The van der Waals surface area contributed by atoms with Gasteiger partial charge in [-0.2, -0.15) is 0 Å². The number of aryl methyl sites for hydroxylation is 1. The van der Waals surface area contributed by atoms with Gasteiger partial charge in [-0.1, -0.05) is 47.5 Å². The fourth-order valence-corrected chi connectivity index (χ4v) is 4.57. The van der Waals surface area contributed by atoms with Crippen molar-refractivity contribution >= 4 is 50.5 Å². The molecule has 1 amide bonds. The lowest BCUT2D eigenvalue weighted by atomic mass is 10.2. The summed E-state index contributed by atoms with van der Waals surface area (Å²) in [6.07, 6.45) is 1.54. The standard InChI is InChI=1S/C24H24Cl2N2O4S/c1-17-10-11-19(26)16-22(17)28(33(2,30)31)14-6-9-24(29)27-21-15-18(25)12-13-23(21)32-20-7-4-3-5-8-20/h3-5,7-8,10-13,15-16H,6,9,14H2,1-2H3,(H,27,29). The van der Waals surface area contributed by atoms with Crippen LogP contribution in [0.2, 0.25) is 10.0 Å². The molecule has 0 aliphatic rings. The van der Waals surface area contributed by atoms with Crippen LogP contribution in [0.4, 0.5) is 11.4 Å². The molecule has 9 heteroatoms. The number of hydrogen-bond donors (Lipinski definition) is 1. The summed E-state index contributed by atoms with van der Waals surface area (Å²) >= 11 is 12.2. The van der Waals surface area contributed by atoms with E-state index in [0.717, 1.165) is 11.8 Å². The summed E-state index contributed by atoms with van der Waals surface area (Å²) in [5.41, 5.74) is 1.71. The normalized spacial score (nSPS) is 11.2. The molecule has 0 bridgehead atoms. The van der Waals surface area contributed by atoms with E-state index in [9.17, 15) is 13.2 Å². The van der Waals surface area contributed by atoms with E-state index in [1.165, 1.54) is 4.31 Å². The van der Waals surface area contributed by atoms with E-state index in [2.05, 4.69) is 5.32 Å². The molecule has 33 heavy (non-hydrogen) atoms. The Hall–Kier alpha value is -2.74. The lowest BCUT2D eigenvalue weighted by molar-refractivity contribution is -0.116. The van der Waals surface area contributed by atoms with E-state index < -0.39 is 10.0 Å². The molecule has 174 valence electrons. The van der Waals surface area contributed by atoms with Gasteiger partial charge in [0, 0.05) is 23.0 Å². The summed E-state index contributed by atoms with van der Waals surface area (Å²) in [5.74, 6) is 0.786. The van der Waals surface area contributed by atoms with E-state index >= 15 is 0 Å². The van der Waals surface area contributed by atoms with Crippen molar-refractivity contribution in [1.29, 1.82) is 0 Å². The molecule has 0 unspecified atom stereocenters. The summed E-state index contributed by atoms with van der Waals surface area (Å²) in [6.45, 7) is 1.94. The molecule has 3 rings (SSSR count). The van der Waals surface area contributed by atoms with Gasteiger partial charge in [0.1, 0.15) is 5.75 Å². The number of para-hydroxylation sites is 1. The maximum absolute atomic E-state index is 12.6. The molecule has 1 N–H and O–H groups in total. The maximum atomic E-state index is 12.6. The molecule has 0 heterocycles. The van der Waals surface area contributed by atoms with Crippen LogP contribution in [-0.4, -0.2) is 27.1 Å². The highest BCUT2D eigenvalue weighted by Crippen LogP contribution is 2.32. The smallest absolute Gasteiger partial charge is 0.232 e. The van der Waals surface area contributed by atoms with Gasteiger partial charge < -0.3 is 10.1 Å². The maximum Gasteiger partial charge on any atom is 0.232 e. The third-order valence-electron chi connectivity index (χ3n) is 4.79. The molecule has 0 atom stereocenters. The molecule has 6 nitrogen and oxygen atoms in total. The van der Waals surface area contributed by atoms with Crippen LogP contribution in [0.5, 0.6) is 11.5 Å². The molecule has 0 aromatic heterocycles. The van der Waals surface area contributed by atoms with Crippen molar-refractivity contribution in [3.8, 4) is 11.5 Å². The summed E-state index contributed by atoms with van der Waals surface area (Å²) in [7, 11) is -3.56. The number of nitrogens with one attached hydrogen (secondary N) is 1. The molecular formula is C24H24Cl2N2O4S. The molecule has 0 aliphatic carbocycles. The van der Waals surface area contributed by atoms with Crippen LogP contribution in [0.25, 0.3) is 0 Å². The lowest BCUT2D eigenvalue weighted by Gasteiger charge is -2.24. The number of anilines is 2. The molecule has 0 saturated carbocycles. The highest BCUT2D eigenvalue weighted by molar-refractivity contribution is 7.92.